The highest BCUT2D eigenvalue weighted by molar-refractivity contribution is 5.85. The maximum Gasteiger partial charge on any atom is 0.335 e. The standard InChI is InChI=1S/C31H40O9/c1-10-24(32)39-22-18-17-20(26(35-13-4)28(22)37-15-6)31(8,9)21-19-23(34-12-3)29(40-25(33)11-2)30(38-16-7)27(21)36-14-5/h10-11,17-19H,1-2,12-16H2,3-9H3. The van der Waals surface area contributed by atoms with Gasteiger partial charge in [0, 0.05) is 28.7 Å². The summed E-state index contributed by atoms with van der Waals surface area (Å²) in [6, 6.07) is 5.23. The molecule has 0 atom stereocenters. The van der Waals surface area contributed by atoms with Crippen LogP contribution in [-0.4, -0.2) is 45.0 Å². The van der Waals surface area contributed by atoms with Gasteiger partial charge in [-0.05, 0) is 46.8 Å². The zero-order valence-corrected chi connectivity index (χ0v) is 24.5. The number of carbonyl (C=O) groups is 2. The molecule has 9 heteroatoms. The average Bonchev–Trinajstić information content (AvgIpc) is 2.93. The van der Waals surface area contributed by atoms with E-state index in [9.17, 15) is 9.59 Å². The molecule has 0 radical (unpaired) electrons. The molecule has 218 valence electrons. The number of hydrogen-bond donors (Lipinski definition) is 0. The van der Waals surface area contributed by atoms with Gasteiger partial charge in [0.05, 0.1) is 33.0 Å². The zero-order chi connectivity index (χ0) is 29.9. The highest BCUT2D eigenvalue weighted by Crippen LogP contribution is 2.54. The first-order chi connectivity index (χ1) is 19.1. The summed E-state index contributed by atoms with van der Waals surface area (Å²) in [7, 11) is 0. The molecule has 0 spiro atoms. The third-order valence-corrected chi connectivity index (χ3v) is 5.78. The lowest BCUT2D eigenvalue weighted by molar-refractivity contribution is -0.130. The summed E-state index contributed by atoms with van der Waals surface area (Å²) in [5.74, 6) is 0.619. The molecule has 0 bridgehead atoms. The number of ether oxygens (including phenoxy) is 7. The Labute approximate surface area is 236 Å². The summed E-state index contributed by atoms with van der Waals surface area (Å²) in [6.45, 7) is 21.6. The molecule has 0 aromatic heterocycles. The van der Waals surface area contributed by atoms with Crippen LogP contribution in [0.4, 0.5) is 0 Å². The number of rotatable bonds is 16. The van der Waals surface area contributed by atoms with E-state index < -0.39 is 17.4 Å². The largest absolute Gasteiger partial charge is 0.490 e. The van der Waals surface area contributed by atoms with E-state index in [4.69, 9.17) is 33.2 Å². The highest BCUT2D eigenvalue weighted by atomic mass is 16.6. The predicted octanol–water partition coefficient (Wildman–Crippen LogP) is 6.19. The van der Waals surface area contributed by atoms with E-state index >= 15 is 0 Å². The van der Waals surface area contributed by atoms with Crippen LogP contribution in [0, 0.1) is 0 Å². The lowest BCUT2D eigenvalue weighted by Gasteiger charge is -2.32. The predicted molar refractivity (Wildman–Crippen MR) is 153 cm³/mol. The Hall–Kier alpha value is -4.14. The SMILES string of the molecule is C=CC(=O)Oc1ccc(C(C)(C)c2cc(OCC)c(OC(=O)C=C)c(OCC)c2OCC)c(OCC)c1OCC. The summed E-state index contributed by atoms with van der Waals surface area (Å²) in [5, 5.41) is 0. The Morgan fingerprint density at radius 2 is 1.10 bits per heavy atom. The monoisotopic (exact) mass is 556 g/mol. The van der Waals surface area contributed by atoms with E-state index in [0.717, 1.165) is 17.7 Å². The lowest BCUT2D eigenvalue weighted by Crippen LogP contribution is -2.23. The second-order valence-electron chi connectivity index (χ2n) is 8.72. The molecule has 0 heterocycles. The molecule has 0 N–H and O–H groups in total. The minimum Gasteiger partial charge on any atom is -0.490 e. The maximum atomic E-state index is 12.2. The number of hydrogen-bond acceptors (Lipinski definition) is 9. The molecule has 0 aliphatic carbocycles. The molecule has 40 heavy (non-hydrogen) atoms. The van der Waals surface area contributed by atoms with Crippen molar-refractivity contribution in [3.63, 3.8) is 0 Å². The quantitative estimate of drug-likeness (QED) is 0.136. The van der Waals surface area contributed by atoms with Crippen LogP contribution in [-0.2, 0) is 15.0 Å². The van der Waals surface area contributed by atoms with Gasteiger partial charge in [-0.2, -0.15) is 0 Å². The molecule has 2 aromatic rings. The van der Waals surface area contributed by atoms with Gasteiger partial charge in [0.1, 0.15) is 0 Å². The van der Waals surface area contributed by atoms with Gasteiger partial charge in [-0.25, -0.2) is 9.59 Å². The van der Waals surface area contributed by atoms with Crippen molar-refractivity contribution in [2.75, 3.05) is 33.0 Å². The second-order valence-corrected chi connectivity index (χ2v) is 8.72. The van der Waals surface area contributed by atoms with Gasteiger partial charge in [-0.3, -0.25) is 0 Å². The Kier molecular flexibility index (Phi) is 11.9. The molecule has 0 amide bonds. The fraction of sp³-hybridized carbons (Fsp3) is 0.419. The first kappa shape index (κ1) is 32.1. The smallest absolute Gasteiger partial charge is 0.335 e. The number of benzene rings is 2. The van der Waals surface area contributed by atoms with Gasteiger partial charge in [0.15, 0.2) is 23.0 Å². The van der Waals surface area contributed by atoms with Crippen LogP contribution in [0.1, 0.15) is 59.6 Å². The van der Waals surface area contributed by atoms with E-state index in [1.807, 2.05) is 48.5 Å². The average molecular weight is 557 g/mol. The van der Waals surface area contributed by atoms with Crippen molar-refractivity contribution in [3.05, 3.63) is 54.6 Å². The summed E-state index contributed by atoms with van der Waals surface area (Å²) in [5.41, 5.74) is 0.581. The fourth-order valence-corrected chi connectivity index (χ4v) is 4.11. The molecule has 0 aliphatic heterocycles. The summed E-state index contributed by atoms with van der Waals surface area (Å²) < 4.78 is 41.1. The van der Waals surface area contributed by atoms with Crippen LogP contribution in [0.3, 0.4) is 0 Å². The molecule has 2 rings (SSSR count). The first-order valence-electron chi connectivity index (χ1n) is 13.4. The van der Waals surface area contributed by atoms with Crippen molar-refractivity contribution in [1.82, 2.24) is 0 Å². The van der Waals surface area contributed by atoms with Crippen LogP contribution in [0.25, 0.3) is 0 Å². The van der Waals surface area contributed by atoms with Gasteiger partial charge in [0.25, 0.3) is 0 Å². The zero-order valence-electron chi connectivity index (χ0n) is 24.5. The molecule has 0 unspecified atom stereocenters. The van der Waals surface area contributed by atoms with Gasteiger partial charge < -0.3 is 33.2 Å². The molecule has 0 saturated heterocycles. The first-order valence-corrected chi connectivity index (χ1v) is 13.4. The molecule has 0 saturated carbocycles. The van der Waals surface area contributed by atoms with Crippen LogP contribution in [0.2, 0.25) is 0 Å². The molecular weight excluding hydrogens is 516 g/mol. The van der Waals surface area contributed by atoms with E-state index in [1.165, 1.54) is 0 Å². The van der Waals surface area contributed by atoms with Gasteiger partial charge in [0.2, 0.25) is 17.2 Å². The van der Waals surface area contributed by atoms with Crippen molar-refractivity contribution in [3.8, 4) is 40.2 Å². The van der Waals surface area contributed by atoms with E-state index in [0.29, 0.717) is 49.2 Å². The Morgan fingerprint density at radius 1 is 0.625 bits per heavy atom. The minimum absolute atomic E-state index is 0.100. The summed E-state index contributed by atoms with van der Waals surface area (Å²) in [6.07, 6.45) is 2.14. The lowest BCUT2D eigenvalue weighted by atomic mass is 9.76. The van der Waals surface area contributed by atoms with Crippen molar-refractivity contribution in [1.29, 1.82) is 0 Å². The van der Waals surface area contributed by atoms with E-state index in [-0.39, 0.29) is 29.6 Å². The summed E-state index contributed by atoms with van der Waals surface area (Å²) >= 11 is 0. The number of esters is 2. The van der Waals surface area contributed by atoms with Gasteiger partial charge >= 0.3 is 11.9 Å². The molecule has 0 fully saturated rings. The molecule has 2 aromatic carbocycles. The van der Waals surface area contributed by atoms with Gasteiger partial charge in [-0.15, -0.1) is 0 Å². The molecule has 0 aliphatic rings. The van der Waals surface area contributed by atoms with Crippen LogP contribution < -0.4 is 33.2 Å². The molecular formula is C31H40O9. The summed E-state index contributed by atoms with van der Waals surface area (Å²) in [4.78, 5) is 24.3. The fourth-order valence-electron chi connectivity index (χ4n) is 4.11. The molecule has 9 nitrogen and oxygen atoms in total. The van der Waals surface area contributed by atoms with Gasteiger partial charge in [-0.1, -0.05) is 33.1 Å². The third-order valence-electron chi connectivity index (χ3n) is 5.78. The Bertz CT molecular complexity index is 1210. The normalized spacial score (nSPS) is 10.8. The van der Waals surface area contributed by atoms with Crippen LogP contribution in [0.5, 0.6) is 40.2 Å². The Balaban J connectivity index is 2.97. The van der Waals surface area contributed by atoms with E-state index in [2.05, 4.69) is 13.2 Å². The van der Waals surface area contributed by atoms with Crippen molar-refractivity contribution < 1.29 is 42.7 Å². The Morgan fingerprint density at radius 3 is 1.62 bits per heavy atom. The van der Waals surface area contributed by atoms with E-state index in [1.54, 1.807) is 18.2 Å². The second kappa shape index (κ2) is 14.9. The van der Waals surface area contributed by atoms with Crippen molar-refractivity contribution in [2.24, 2.45) is 0 Å². The number of carbonyl (C=O) groups excluding carboxylic acids is 2. The van der Waals surface area contributed by atoms with Crippen LogP contribution >= 0.6 is 0 Å². The highest BCUT2D eigenvalue weighted by Gasteiger charge is 2.37. The minimum atomic E-state index is -0.819. The topological polar surface area (TPSA) is 98.8 Å². The third kappa shape index (κ3) is 7.08. The van der Waals surface area contributed by atoms with Crippen molar-refractivity contribution >= 4 is 11.9 Å². The van der Waals surface area contributed by atoms with Crippen LogP contribution in [0.15, 0.2) is 43.5 Å². The maximum absolute atomic E-state index is 12.2. The van der Waals surface area contributed by atoms with Crippen molar-refractivity contribution in [2.45, 2.75) is 53.9 Å².